The summed E-state index contributed by atoms with van der Waals surface area (Å²) in [6, 6.07) is 3.27. The van der Waals surface area contributed by atoms with Crippen molar-refractivity contribution in [1.82, 2.24) is 4.98 Å². The lowest BCUT2D eigenvalue weighted by Crippen LogP contribution is -2.00. The van der Waals surface area contributed by atoms with Gasteiger partial charge in [-0.05, 0) is 24.1 Å². The van der Waals surface area contributed by atoms with Gasteiger partial charge in [-0.3, -0.25) is 4.98 Å². The SMILES string of the molecule is Nc1cnc2ccc3c(c2c1N)CCS3(=O)=O. The van der Waals surface area contributed by atoms with Crippen molar-refractivity contribution >= 4 is 32.1 Å². The van der Waals surface area contributed by atoms with Gasteiger partial charge in [0.2, 0.25) is 0 Å². The minimum Gasteiger partial charge on any atom is -0.396 e. The molecule has 5 nitrogen and oxygen atoms in total. The maximum Gasteiger partial charge on any atom is 0.179 e. The van der Waals surface area contributed by atoms with Crippen LogP contribution in [-0.4, -0.2) is 19.2 Å². The molecule has 0 radical (unpaired) electrons. The zero-order valence-corrected chi connectivity index (χ0v) is 9.79. The lowest BCUT2D eigenvalue weighted by Gasteiger charge is -2.08. The van der Waals surface area contributed by atoms with Crippen LogP contribution in [0.5, 0.6) is 0 Å². The van der Waals surface area contributed by atoms with Gasteiger partial charge in [0, 0.05) is 5.39 Å². The Morgan fingerprint density at radius 2 is 2.00 bits per heavy atom. The number of fused-ring (bicyclic) bond motifs is 3. The number of rotatable bonds is 0. The predicted octanol–water partition coefficient (Wildman–Crippen LogP) is 0.729. The second kappa shape index (κ2) is 3.10. The van der Waals surface area contributed by atoms with Gasteiger partial charge in [-0.25, -0.2) is 8.42 Å². The molecule has 1 aliphatic heterocycles. The lowest BCUT2D eigenvalue weighted by atomic mass is 10.0. The molecule has 0 saturated carbocycles. The fourth-order valence-corrected chi connectivity index (χ4v) is 3.81. The Kier molecular flexibility index (Phi) is 1.89. The standard InChI is InChI=1S/C11H11N3O2S/c12-7-5-14-8-1-2-9-6(10(8)11(7)13)3-4-17(9,15)16/h1-2,5H,3-4,12H2,(H2,13,14). The first-order valence-electron chi connectivity index (χ1n) is 5.19. The molecule has 0 unspecified atom stereocenters. The number of pyridine rings is 1. The van der Waals surface area contributed by atoms with Gasteiger partial charge >= 0.3 is 0 Å². The molecule has 1 aromatic heterocycles. The fraction of sp³-hybridized carbons (Fsp3) is 0.182. The van der Waals surface area contributed by atoms with Gasteiger partial charge < -0.3 is 11.5 Å². The molecule has 0 amide bonds. The molecule has 2 heterocycles. The van der Waals surface area contributed by atoms with Crippen LogP contribution in [0.3, 0.4) is 0 Å². The number of hydrogen-bond acceptors (Lipinski definition) is 5. The molecule has 0 atom stereocenters. The minimum atomic E-state index is -3.15. The van der Waals surface area contributed by atoms with Crippen LogP contribution in [-0.2, 0) is 16.3 Å². The van der Waals surface area contributed by atoms with Crippen molar-refractivity contribution in [2.75, 3.05) is 17.2 Å². The highest BCUT2D eigenvalue weighted by Gasteiger charge is 2.28. The number of nitrogen functional groups attached to an aromatic ring is 2. The summed E-state index contributed by atoms with van der Waals surface area (Å²) in [6.45, 7) is 0. The summed E-state index contributed by atoms with van der Waals surface area (Å²) in [7, 11) is -3.15. The summed E-state index contributed by atoms with van der Waals surface area (Å²) < 4.78 is 23.6. The normalized spacial score (nSPS) is 17.2. The third-order valence-electron chi connectivity index (χ3n) is 3.13. The second-order valence-electron chi connectivity index (χ2n) is 4.13. The molecule has 0 spiro atoms. The largest absolute Gasteiger partial charge is 0.396 e. The number of nitrogens with zero attached hydrogens (tertiary/aromatic N) is 1. The van der Waals surface area contributed by atoms with E-state index in [0.717, 1.165) is 5.56 Å². The maximum absolute atomic E-state index is 11.8. The molecule has 0 saturated heterocycles. The van der Waals surface area contributed by atoms with Gasteiger partial charge in [0.25, 0.3) is 0 Å². The van der Waals surface area contributed by atoms with E-state index in [1.54, 1.807) is 12.1 Å². The van der Waals surface area contributed by atoms with Gasteiger partial charge in [-0.15, -0.1) is 0 Å². The van der Waals surface area contributed by atoms with E-state index in [9.17, 15) is 8.42 Å². The molecule has 1 aliphatic rings. The molecule has 88 valence electrons. The van der Waals surface area contributed by atoms with E-state index in [1.807, 2.05) is 0 Å². The van der Waals surface area contributed by atoms with Gasteiger partial charge in [-0.2, -0.15) is 0 Å². The van der Waals surface area contributed by atoms with Gasteiger partial charge in [0.05, 0.1) is 33.7 Å². The van der Waals surface area contributed by atoms with Crippen LogP contribution in [0.1, 0.15) is 5.56 Å². The van der Waals surface area contributed by atoms with E-state index in [4.69, 9.17) is 11.5 Å². The maximum atomic E-state index is 11.8. The first-order valence-corrected chi connectivity index (χ1v) is 6.84. The number of hydrogen-bond donors (Lipinski definition) is 2. The Labute approximate surface area is 98.4 Å². The minimum absolute atomic E-state index is 0.135. The summed E-state index contributed by atoms with van der Waals surface area (Å²) in [5, 5.41) is 0.684. The average Bonchev–Trinajstić information content (AvgIpc) is 2.60. The Bertz CT molecular complexity index is 738. The van der Waals surface area contributed by atoms with Crippen molar-refractivity contribution in [3.05, 3.63) is 23.9 Å². The number of benzene rings is 1. The quantitative estimate of drug-likeness (QED) is 0.717. The third kappa shape index (κ3) is 1.30. The molecule has 4 N–H and O–H groups in total. The van der Waals surface area contributed by atoms with Crippen molar-refractivity contribution in [2.24, 2.45) is 0 Å². The van der Waals surface area contributed by atoms with Gasteiger partial charge in [-0.1, -0.05) is 0 Å². The molecular weight excluding hydrogens is 238 g/mol. The number of aromatic nitrogens is 1. The lowest BCUT2D eigenvalue weighted by molar-refractivity contribution is 0.600. The first-order chi connectivity index (χ1) is 8.00. The number of nitrogens with two attached hydrogens (primary N) is 2. The van der Waals surface area contributed by atoms with Gasteiger partial charge in [0.1, 0.15) is 0 Å². The molecule has 2 aromatic rings. The molecule has 17 heavy (non-hydrogen) atoms. The Morgan fingerprint density at radius 1 is 1.24 bits per heavy atom. The molecular formula is C11H11N3O2S. The molecule has 0 fully saturated rings. The van der Waals surface area contributed by atoms with Crippen molar-refractivity contribution in [3.63, 3.8) is 0 Å². The van der Waals surface area contributed by atoms with Crippen molar-refractivity contribution in [2.45, 2.75) is 11.3 Å². The summed E-state index contributed by atoms with van der Waals surface area (Å²) in [5.41, 5.74) is 13.9. The van der Waals surface area contributed by atoms with E-state index in [0.29, 0.717) is 33.6 Å². The smallest absolute Gasteiger partial charge is 0.179 e. The average molecular weight is 249 g/mol. The Morgan fingerprint density at radius 3 is 2.76 bits per heavy atom. The topological polar surface area (TPSA) is 99.1 Å². The number of aryl methyl sites for hydroxylation is 1. The fourth-order valence-electron chi connectivity index (χ4n) is 2.26. The first kappa shape index (κ1) is 10.3. The van der Waals surface area contributed by atoms with Crippen LogP contribution in [0.2, 0.25) is 0 Å². The Hall–Kier alpha value is -1.82. The highest BCUT2D eigenvalue weighted by atomic mass is 32.2. The van der Waals surface area contributed by atoms with Crippen LogP contribution >= 0.6 is 0 Å². The summed E-state index contributed by atoms with van der Waals surface area (Å²) in [6.07, 6.45) is 1.97. The molecule has 0 bridgehead atoms. The zero-order chi connectivity index (χ0) is 12.2. The van der Waals surface area contributed by atoms with E-state index in [-0.39, 0.29) is 5.75 Å². The van der Waals surface area contributed by atoms with Crippen molar-refractivity contribution in [1.29, 1.82) is 0 Å². The van der Waals surface area contributed by atoms with Crippen molar-refractivity contribution in [3.8, 4) is 0 Å². The highest BCUT2D eigenvalue weighted by Crippen LogP contribution is 2.36. The zero-order valence-electron chi connectivity index (χ0n) is 8.97. The van der Waals surface area contributed by atoms with Crippen molar-refractivity contribution < 1.29 is 8.42 Å². The number of anilines is 2. The molecule has 6 heteroatoms. The van der Waals surface area contributed by atoms with E-state index < -0.39 is 9.84 Å². The third-order valence-corrected chi connectivity index (χ3v) is 4.92. The van der Waals surface area contributed by atoms with Crippen LogP contribution in [0.15, 0.2) is 23.2 Å². The van der Waals surface area contributed by atoms with E-state index in [1.165, 1.54) is 6.20 Å². The van der Waals surface area contributed by atoms with Crippen LogP contribution in [0.4, 0.5) is 11.4 Å². The van der Waals surface area contributed by atoms with Crippen LogP contribution < -0.4 is 11.5 Å². The Balaban J connectivity index is 2.52. The van der Waals surface area contributed by atoms with E-state index >= 15 is 0 Å². The monoisotopic (exact) mass is 249 g/mol. The molecule has 0 aliphatic carbocycles. The highest BCUT2D eigenvalue weighted by molar-refractivity contribution is 7.91. The summed E-state index contributed by atoms with van der Waals surface area (Å²) in [4.78, 5) is 4.53. The second-order valence-corrected chi connectivity index (χ2v) is 6.21. The van der Waals surface area contributed by atoms with Crippen LogP contribution in [0, 0.1) is 0 Å². The molecule has 3 rings (SSSR count). The summed E-state index contributed by atoms with van der Waals surface area (Å²) >= 11 is 0. The van der Waals surface area contributed by atoms with Gasteiger partial charge in [0.15, 0.2) is 9.84 Å². The van der Waals surface area contributed by atoms with Crippen LogP contribution in [0.25, 0.3) is 10.9 Å². The predicted molar refractivity (Wildman–Crippen MR) is 66.3 cm³/mol. The number of sulfone groups is 1. The molecule has 1 aromatic carbocycles. The van der Waals surface area contributed by atoms with E-state index in [2.05, 4.69) is 4.98 Å². The summed E-state index contributed by atoms with van der Waals surface area (Å²) in [5.74, 6) is 0.135.